The Kier molecular flexibility index (Phi) is 5.10. The first kappa shape index (κ1) is 16.4. The molecule has 0 radical (unpaired) electrons. The molecule has 2 aromatic rings. The molecule has 1 atom stereocenters. The molecule has 7 heteroatoms. The number of hydrogen-bond acceptors (Lipinski definition) is 6. The number of carbonyl (C=O) groups is 1. The van der Waals surface area contributed by atoms with Crippen LogP contribution in [0.5, 0.6) is 5.75 Å². The molecule has 0 unspecified atom stereocenters. The second-order valence-electron chi connectivity index (χ2n) is 5.79. The zero-order valence-electron chi connectivity index (χ0n) is 13.9. The van der Waals surface area contributed by atoms with Crippen LogP contribution in [0.15, 0.2) is 28.8 Å². The molecule has 7 nitrogen and oxygen atoms in total. The lowest BCUT2D eigenvalue weighted by Crippen LogP contribution is -2.43. The fourth-order valence-corrected chi connectivity index (χ4v) is 2.79. The fourth-order valence-electron chi connectivity index (χ4n) is 2.79. The quantitative estimate of drug-likeness (QED) is 0.836. The van der Waals surface area contributed by atoms with E-state index in [0.29, 0.717) is 29.6 Å². The normalized spacial score (nSPS) is 17.8. The predicted molar refractivity (Wildman–Crippen MR) is 85.7 cm³/mol. The number of hydrogen-bond donors (Lipinski definition) is 0. The van der Waals surface area contributed by atoms with Gasteiger partial charge in [0.2, 0.25) is 0 Å². The number of methoxy groups -OCH3 is 1. The van der Waals surface area contributed by atoms with Crippen LogP contribution in [0.4, 0.5) is 0 Å². The van der Waals surface area contributed by atoms with Crippen LogP contribution < -0.4 is 4.74 Å². The first-order valence-corrected chi connectivity index (χ1v) is 8.00. The van der Waals surface area contributed by atoms with E-state index in [2.05, 4.69) is 10.1 Å². The van der Waals surface area contributed by atoms with E-state index >= 15 is 0 Å². The first-order valence-electron chi connectivity index (χ1n) is 8.00. The van der Waals surface area contributed by atoms with Crippen molar-refractivity contribution in [2.24, 2.45) is 0 Å². The maximum Gasteiger partial charge on any atom is 0.254 e. The number of aromatic nitrogens is 2. The number of likely N-dealkylation sites (tertiary alicyclic amines) is 1. The Labute approximate surface area is 140 Å². The standard InChI is InChI=1S/C17H21N3O4/c1-12-18-16(24-19-12)11-23-15-7-4-8-20(10-15)17(21)13-5-3-6-14(9-13)22-2/h3,5-6,9,15H,4,7-8,10-11H2,1-2H3/t15-/m0/s1. The van der Waals surface area contributed by atoms with Gasteiger partial charge in [-0.1, -0.05) is 11.2 Å². The van der Waals surface area contributed by atoms with Crippen molar-refractivity contribution in [3.63, 3.8) is 0 Å². The van der Waals surface area contributed by atoms with Gasteiger partial charge in [0.1, 0.15) is 12.4 Å². The van der Waals surface area contributed by atoms with Crippen LogP contribution in [-0.2, 0) is 11.3 Å². The molecule has 1 aromatic carbocycles. The largest absolute Gasteiger partial charge is 0.497 e. The summed E-state index contributed by atoms with van der Waals surface area (Å²) in [6, 6.07) is 7.21. The summed E-state index contributed by atoms with van der Waals surface area (Å²) in [6.07, 6.45) is 1.79. The Morgan fingerprint density at radius 2 is 2.33 bits per heavy atom. The summed E-state index contributed by atoms with van der Waals surface area (Å²) < 4.78 is 16.1. The van der Waals surface area contributed by atoms with E-state index in [9.17, 15) is 4.79 Å². The number of aryl methyl sites for hydroxylation is 1. The molecule has 1 saturated heterocycles. The number of piperidine rings is 1. The third-order valence-corrected chi connectivity index (χ3v) is 3.99. The van der Waals surface area contributed by atoms with E-state index in [1.165, 1.54) is 0 Å². The summed E-state index contributed by atoms with van der Waals surface area (Å²) >= 11 is 0. The number of benzene rings is 1. The van der Waals surface area contributed by atoms with Gasteiger partial charge in [0, 0.05) is 18.7 Å². The van der Waals surface area contributed by atoms with E-state index in [-0.39, 0.29) is 18.6 Å². The van der Waals surface area contributed by atoms with Gasteiger partial charge in [-0.15, -0.1) is 0 Å². The maximum atomic E-state index is 12.7. The van der Waals surface area contributed by atoms with Crippen molar-refractivity contribution in [2.45, 2.75) is 32.5 Å². The SMILES string of the molecule is COc1cccc(C(=O)N2CCC[C@H](OCc3nc(C)no3)C2)c1. The second kappa shape index (κ2) is 7.44. The van der Waals surface area contributed by atoms with Crippen molar-refractivity contribution in [3.05, 3.63) is 41.5 Å². The van der Waals surface area contributed by atoms with Gasteiger partial charge in [-0.3, -0.25) is 4.79 Å². The molecule has 24 heavy (non-hydrogen) atoms. The molecule has 0 spiro atoms. The molecule has 1 amide bonds. The summed E-state index contributed by atoms with van der Waals surface area (Å²) in [6.45, 7) is 3.33. The minimum absolute atomic E-state index is 0.00386. The average Bonchev–Trinajstić information content (AvgIpc) is 3.05. The van der Waals surface area contributed by atoms with Crippen LogP contribution in [0.3, 0.4) is 0 Å². The van der Waals surface area contributed by atoms with Crippen LogP contribution in [0.1, 0.15) is 34.9 Å². The summed E-state index contributed by atoms with van der Waals surface area (Å²) in [4.78, 5) is 18.6. The van der Waals surface area contributed by atoms with Crippen LogP contribution in [0, 0.1) is 6.92 Å². The molecule has 1 aliphatic heterocycles. The van der Waals surface area contributed by atoms with Gasteiger partial charge < -0.3 is 18.9 Å². The van der Waals surface area contributed by atoms with Gasteiger partial charge >= 0.3 is 0 Å². The minimum Gasteiger partial charge on any atom is -0.497 e. The van der Waals surface area contributed by atoms with Crippen molar-refractivity contribution in [3.8, 4) is 5.75 Å². The molecule has 0 aliphatic carbocycles. The van der Waals surface area contributed by atoms with Crippen LogP contribution in [0.25, 0.3) is 0 Å². The molecule has 0 saturated carbocycles. The second-order valence-corrected chi connectivity index (χ2v) is 5.79. The maximum absolute atomic E-state index is 12.7. The monoisotopic (exact) mass is 331 g/mol. The Bertz CT molecular complexity index is 701. The molecule has 2 heterocycles. The summed E-state index contributed by atoms with van der Waals surface area (Å²) in [5.74, 6) is 1.73. The number of amides is 1. The third-order valence-electron chi connectivity index (χ3n) is 3.99. The Morgan fingerprint density at radius 1 is 1.46 bits per heavy atom. The summed E-state index contributed by atoms with van der Waals surface area (Å²) in [5, 5.41) is 3.74. The summed E-state index contributed by atoms with van der Waals surface area (Å²) in [7, 11) is 1.59. The van der Waals surface area contributed by atoms with Crippen LogP contribution in [0.2, 0.25) is 0 Å². The molecule has 128 valence electrons. The van der Waals surface area contributed by atoms with Gasteiger partial charge in [0.05, 0.1) is 13.2 Å². The lowest BCUT2D eigenvalue weighted by molar-refractivity contribution is -0.0153. The Morgan fingerprint density at radius 3 is 3.08 bits per heavy atom. The van der Waals surface area contributed by atoms with E-state index in [0.717, 1.165) is 19.4 Å². The lowest BCUT2D eigenvalue weighted by atomic mass is 10.1. The van der Waals surface area contributed by atoms with E-state index < -0.39 is 0 Å². The van der Waals surface area contributed by atoms with E-state index in [1.54, 1.807) is 26.2 Å². The van der Waals surface area contributed by atoms with Crippen LogP contribution >= 0.6 is 0 Å². The lowest BCUT2D eigenvalue weighted by Gasteiger charge is -2.32. The van der Waals surface area contributed by atoms with Crippen molar-refractivity contribution >= 4 is 5.91 Å². The number of nitrogens with zero attached hydrogens (tertiary/aromatic N) is 3. The molecule has 3 rings (SSSR count). The first-order chi connectivity index (χ1) is 11.7. The molecule has 1 aliphatic rings. The molecule has 1 aromatic heterocycles. The van der Waals surface area contributed by atoms with Gasteiger partial charge in [-0.05, 0) is 38.0 Å². The highest BCUT2D eigenvalue weighted by molar-refractivity contribution is 5.94. The molecular formula is C17H21N3O4. The summed E-state index contributed by atoms with van der Waals surface area (Å²) in [5.41, 5.74) is 0.627. The minimum atomic E-state index is -0.0273. The molecular weight excluding hydrogens is 310 g/mol. The third kappa shape index (κ3) is 3.91. The molecule has 0 bridgehead atoms. The van der Waals surface area contributed by atoms with E-state index in [1.807, 2.05) is 17.0 Å². The predicted octanol–water partition coefficient (Wildman–Crippen LogP) is 2.21. The highest BCUT2D eigenvalue weighted by atomic mass is 16.5. The average molecular weight is 331 g/mol. The highest BCUT2D eigenvalue weighted by Gasteiger charge is 2.25. The zero-order valence-corrected chi connectivity index (χ0v) is 13.9. The Hall–Kier alpha value is -2.41. The van der Waals surface area contributed by atoms with Crippen molar-refractivity contribution < 1.29 is 18.8 Å². The van der Waals surface area contributed by atoms with Gasteiger partial charge in [-0.25, -0.2) is 0 Å². The van der Waals surface area contributed by atoms with Crippen molar-refractivity contribution in [2.75, 3.05) is 20.2 Å². The van der Waals surface area contributed by atoms with Gasteiger partial charge in [0.15, 0.2) is 5.82 Å². The fraction of sp³-hybridized carbons (Fsp3) is 0.471. The topological polar surface area (TPSA) is 77.7 Å². The number of carbonyl (C=O) groups excluding carboxylic acids is 1. The van der Waals surface area contributed by atoms with Gasteiger partial charge in [0.25, 0.3) is 11.8 Å². The highest BCUT2D eigenvalue weighted by Crippen LogP contribution is 2.19. The number of rotatable bonds is 5. The zero-order chi connectivity index (χ0) is 16.9. The van der Waals surface area contributed by atoms with Crippen LogP contribution in [-0.4, -0.2) is 47.3 Å². The Balaban J connectivity index is 1.59. The van der Waals surface area contributed by atoms with Crippen molar-refractivity contribution in [1.29, 1.82) is 0 Å². The molecule has 0 N–H and O–H groups in total. The number of ether oxygens (including phenoxy) is 2. The van der Waals surface area contributed by atoms with Crippen molar-refractivity contribution in [1.82, 2.24) is 15.0 Å². The molecule has 1 fully saturated rings. The van der Waals surface area contributed by atoms with Gasteiger partial charge in [-0.2, -0.15) is 4.98 Å². The van der Waals surface area contributed by atoms with E-state index in [4.69, 9.17) is 14.0 Å². The smallest absolute Gasteiger partial charge is 0.254 e.